The van der Waals surface area contributed by atoms with Crippen LogP contribution in [0.3, 0.4) is 0 Å². The Balaban J connectivity index is 0.00000272. The molecule has 1 aromatic heterocycles. The number of guanidine groups is 1. The summed E-state index contributed by atoms with van der Waals surface area (Å²) in [4.78, 5) is 14.6. The summed E-state index contributed by atoms with van der Waals surface area (Å²) in [7, 11) is 0. The summed E-state index contributed by atoms with van der Waals surface area (Å²) >= 11 is 0. The van der Waals surface area contributed by atoms with E-state index in [2.05, 4.69) is 68.1 Å². The maximum absolute atomic E-state index is 4.96. The third-order valence-corrected chi connectivity index (χ3v) is 6.25. The number of nitrogens with zero attached hydrogens (tertiary/aromatic N) is 5. The molecule has 1 unspecified atom stereocenters. The fourth-order valence-electron chi connectivity index (χ4n) is 4.67. The first-order valence-electron chi connectivity index (χ1n) is 11.6. The Morgan fingerprint density at radius 2 is 1.94 bits per heavy atom. The van der Waals surface area contributed by atoms with Crippen molar-refractivity contribution in [2.45, 2.75) is 45.7 Å². The van der Waals surface area contributed by atoms with E-state index in [1.165, 1.54) is 50.9 Å². The molecule has 170 valence electrons. The molecular weight excluding hydrogens is 499 g/mol. The summed E-state index contributed by atoms with van der Waals surface area (Å²) in [5, 5.41) is 3.51. The summed E-state index contributed by atoms with van der Waals surface area (Å²) in [6.45, 7) is 10.5. The fourth-order valence-corrected chi connectivity index (χ4v) is 4.67. The molecule has 2 aliphatic heterocycles. The van der Waals surface area contributed by atoms with Crippen molar-refractivity contribution in [3.05, 3.63) is 54.1 Å². The summed E-state index contributed by atoms with van der Waals surface area (Å²) in [6, 6.07) is 10.5. The van der Waals surface area contributed by atoms with Crippen molar-refractivity contribution in [3.8, 4) is 0 Å². The third-order valence-electron chi connectivity index (χ3n) is 6.25. The minimum atomic E-state index is 0. The number of likely N-dealkylation sites (tertiary alicyclic amines) is 2. The van der Waals surface area contributed by atoms with Gasteiger partial charge in [-0.05, 0) is 50.8 Å². The van der Waals surface area contributed by atoms with E-state index in [-0.39, 0.29) is 24.0 Å². The van der Waals surface area contributed by atoms with Gasteiger partial charge in [-0.25, -0.2) is 9.98 Å². The van der Waals surface area contributed by atoms with Gasteiger partial charge in [0, 0.05) is 45.1 Å². The van der Waals surface area contributed by atoms with Gasteiger partial charge in [0.2, 0.25) is 0 Å². The number of aromatic nitrogens is 2. The highest BCUT2D eigenvalue weighted by Gasteiger charge is 2.27. The maximum Gasteiger partial charge on any atom is 0.194 e. The molecule has 2 fully saturated rings. The molecule has 0 amide bonds. The van der Waals surface area contributed by atoms with Crippen LogP contribution in [-0.4, -0.2) is 64.6 Å². The van der Waals surface area contributed by atoms with Gasteiger partial charge in [0.15, 0.2) is 5.96 Å². The van der Waals surface area contributed by atoms with Gasteiger partial charge in [0.25, 0.3) is 0 Å². The molecule has 0 spiro atoms. The Morgan fingerprint density at radius 1 is 1.13 bits per heavy atom. The van der Waals surface area contributed by atoms with Crippen LogP contribution in [0.5, 0.6) is 0 Å². The Kier molecular flexibility index (Phi) is 9.64. The van der Waals surface area contributed by atoms with Crippen LogP contribution in [0.2, 0.25) is 0 Å². The van der Waals surface area contributed by atoms with Crippen LogP contribution in [0.15, 0.2) is 47.7 Å². The summed E-state index contributed by atoms with van der Waals surface area (Å²) in [5.74, 6) is 2.80. The van der Waals surface area contributed by atoms with Crippen LogP contribution >= 0.6 is 24.0 Å². The molecule has 6 nitrogen and oxygen atoms in total. The molecule has 2 aromatic rings. The van der Waals surface area contributed by atoms with E-state index in [0.717, 1.165) is 43.9 Å². The summed E-state index contributed by atoms with van der Waals surface area (Å²) in [6.07, 6.45) is 9.35. The first-order chi connectivity index (χ1) is 14.8. The molecule has 3 heterocycles. The Bertz CT molecular complexity index is 799. The van der Waals surface area contributed by atoms with Gasteiger partial charge in [-0.2, -0.15) is 0 Å². The Labute approximate surface area is 204 Å². The maximum atomic E-state index is 4.96. The molecular formula is C24H37IN6. The Hall–Kier alpha value is -1.61. The summed E-state index contributed by atoms with van der Waals surface area (Å²) in [5.41, 5.74) is 1.28. The minimum Gasteiger partial charge on any atom is -0.357 e. The second-order valence-electron chi connectivity index (χ2n) is 8.59. The van der Waals surface area contributed by atoms with Crippen LogP contribution in [0, 0.1) is 5.92 Å². The molecule has 4 rings (SSSR count). The van der Waals surface area contributed by atoms with E-state index < -0.39 is 0 Å². The van der Waals surface area contributed by atoms with Gasteiger partial charge in [0.1, 0.15) is 12.4 Å². The van der Waals surface area contributed by atoms with Gasteiger partial charge in [-0.1, -0.05) is 36.8 Å². The lowest BCUT2D eigenvalue weighted by Crippen LogP contribution is -2.41. The zero-order valence-electron chi connectivity index (χ0n) is 18.7. The minimum absolute atomic E-state index is 0. The van der Waals surface area contributed by atoms with Crippen molar-refractivity contribution < 1.29 is 0 Å². The zero-order valence-corrected chi connectivity index (χ0v) is 21.1. The van der Waals surface area contributed by atoms with E-state index in [0.29, 0.717) is 6.54 Å². The van der Waals surface area contributed by atoms with E-state index in [4.69, 9.17) is 4.99 Å². The lowest BCUT2D eigenvalue weighted by molar-refractivity contribution is 0.198. The zero-order chi connectivity index (χ0) is 20.6. The standard InChI is InChI=1S/C24H36N6.HI/c1-2-25-24(30-15-11-22(20-30)18-28-13-7-4-8-14-28)27-17-23-26-12-16-29(23)19-21-9-5-3-6-10-21;/h3,5-6,9-10,12,16,22H,2,4,7-8,11,13-15,17-20H2,1H3,(H,25,27);1H. The number of hydrogen-bond acceptors (Lipinski definition) is 3. The van der Waals surface area contributed by atoms with E-state index in [9.17, 15) is 0 Å². The van der Waals surface area contributed by atoms with Crippen LogP contribution in [-0.2, 0) is 13.1 Å². The van der Waals surface area contributed by atoms with Crippen molar-refractivity contribution in [1.82, 2.24) is 24.7 Å². The molecule has 7 heteroatoms. The SMILES string of the molecule is CCNC(=NCc1nccn1Cc1ccccc1)N1CCC(CN2CCCCC2)C1.I. The normalized spacial score (nSPS) is 20.0. The van der Waals surface area contributed by atoms with Crippen molar-refractivity contribution in [3.63, 3.8) is 0 Å². The van der Waals surface area contributed by atoms with Crippen molar-refractivity contribution in [2.75, 3.05) is 39.3 Å². The molecule has 1 N–H and O–H groups in total. The van der Waals surface area contributed by atoms with Gasteiger partial charge >= 0.3 is 0 Å². The number of rotatable bonds is 7. The lowest BCUT2D eigenvalue weighted by Gasteiger charge is -2.29. The largest absolute Gasteiger partial charge is 0.357 e. The highest BCUT2D eigenvalue weighted by Crippen LogP contribution is 2.20. The van der Waals surface area contributed by atoms with Gasteiger partial charge in [-0.3, -0.25) is 0 Å². The molecule has 0 aliphatic carbocycles. The van der Waals surface area contributed by atoms with Gasteiger partial charge in [-0.15, -0.1) is 24.0 Å². The summed E-state index contributed by atoms with van der Waals surface area (Å²) < 4.78 is 2.20. The third kappa shape index (κ3) is 6.94. The topological polar surface area (TPSA) is 48.7 Å². The fraction of sp³-hybridized carbons (Fsp3) is 0.583. The lowest BCUT2D eigenvalue weighted by atomic mass is 10.1. The average molecular weight is 537 g/mol. The number of hydrogen-bond donors (Lipinski definition) is 1. The van der Waals surface area contributed by atoms with Crippen molar-refractivity contribution in [1.29, 1.82) is 0 Å². The molecule has 0 bridgehead atoms. The number of halogens is 1. The average Bonchev–Trinajstić information content (AvgIpc) is 3.42. The van der Waals surface area contributed by atoms with E-state index in [1.807, 2.05) is 6.20 Å². The smallest absolute Gasteiger partial charge is 0.194 e. The molecule has 1 aromatic carbocycles. The molecule has 1 atom stereocenters. The first-order valence-corrected chi connectivity index (χ1v) is 11.6. The Morgan fingerprint density at radius 3 is 2.71 bits per heavy atom. The van der Waals surface area contributed by atoms with E-state index in [1.54, 1.807) is 0 Å². The highest BCUT2D eigenvalue weighted by molar-refractivity contribution is 14.0. The van der Waals surface area contributed by atoms with Gasteiger partial charge in [0.05, 0.1) is 0 Å². The second-order valence-corrected chi connectivity index (χ2v) is 8.59. The second kappa shape index (κ2) is 12.4. The molecule has 0 radical (unpaired) electrons. The number of nitrogens with one attached hydrogen (secondary N) is 1. The number of piperidine rings is 1. The van der Waals surface area contributed by atoms with Crippen LogP contribution < -0.4 is 5.32 Å². The van der Waals surface area contributed by atoms with E-state index >= 15 is 0 Å². The quantitative estimate of drug-likeness (QED) is 0.332. The van der Waals surface area contributed by atoms with Crippen LogP contribution in [0.25, 0.3) is 0 Å². The molecule has 2 aliphatic rings. The van der Waals surface area contributed by atoms with Crippen LogP contribution in [0.4, 0.5) is 0 Å². The number of imidazole rings is 1. The molecule has 31 heavy (non-hydrogen) atoms. The van der Waals surface area contributed by atoms with Gasteiger partial charge < -0.3 is 19.7 Å². The molecule has 2 saturated heterocycles. The van der Waals surface area contributed by atoms with Crippen LogP contribution in [0.1, 0.15) is 44.0 Å². The van der Waals surface area contributed by atoms with Crippen molar-refractivity contribution in [2.24, 2.45) is 10.9 Å². The first kappa shape index (κ1) is 24.0. The number of benzene rings is 1. The number of aliphatic imine (C=N–C) groups is 1. The molecule has 0 saturated carbocycles. The predicted octanol–water partition coefficient (Wildman–Crippen LogP) is 3.82. The predicted molar refractivity (Wildman–Crippen MR) is 138 cm³/mol. The highest BCUT2D eigenvalue weighted by atomic mass is 127. The van der Waals surface area contributed by atoms with Crippen molar-refractivity contribution >= 4 is 29.9 Å². The monoisotopic (exact) mass is 536 g/mol.